The molecule has 36 heteroatoms. The van der Waals surface area contributed by atoms with E-state index in [0.29, 0.717) is 58.2 Å². The fourth-order valence-corrected chi connectivity index (χ4v) is 19.3. The van der Waals surface area contributed by atoms with E-state index < -0.39 is 167 Å². The van der Waals surface area contributed by atoms with Crippen LogP contribution in [0.3, 0.4) is 0 Å². The number of aliphatic hydroxyl groups excluding tert-OH is 2. The summed E-state index contributed by atoms with van der Waals surface area (Å²) in [5.41, 5.74) is 7.54. The first-order valence-electron chi connectivity index (χ1n) is 43.5. The number of hydrogen-bond donors (Lipinski definition) is 2. The second kappa shape index (κ2) is 42.5. The molecule has 5 aromatic rings. The molecule has 2 amide bonds. The van der Waals surface area contributed by atoms with Crippen LogP contribution in [0, 0.1) is 59.7 Å². The van der Waals surface area contributed by atoms with Gasteiger partial charge < -0.3 is 77.2 Å². The minimum atomic E-state index is -1.43. The Hall–Kier alpha value is -8.99. The average molecular weight is 1730 g/mol. The van der Waals surface area contributed by atoms with Crippen molar-refractivity contribution in [2.45, 2.75) is 303 Å². The van der Waals surface area contributed by atoms with Gasteiger partial charge in [-0.25, -0.2) is 19.0 Å². The van der Waals surface area contributed by atoms with E-state index in [1.54, 1.807) is 95.1 Å². The van der Waals surface area contributed by atoms with Gasteiger partial charge in [0.1, 0.15) is 71.1 Å². The molecule has 2 aromatic carbocycles. The number of amides is 2. The minimum Gasteiger partial charge on any atom is -0.458 e. The van der Waals surface area contributed by atoms with E-state index in [1.807, 2.05) is 113 Å². The molecule has 684 valence electrons. The summed E-state index contributed by atoms with van der Waals surface area (Å²) in [4.78, 5) is 123. The van der Waals surface area contributed by atoms with Crippen LogP contribution >= 0.6 is 0 Å². The summed E-state index contributed by atoms with van der Waals surface area (Å²) in [6.07, 6.45) is 0.877. The van der Waals surface area contributed by atoms with Crippen LogP contribution in [0.1, 0.15) is 181 Å². The maximum Gasteiger partial charge on any atom is 0.410 e. The molecule has 0 saturated carbocycles. The lowest BCUT2D eigenvalue weighted by molar-refractivity contribution is -0.295. The average Bonchev–Trinajstić information content (AvgIpc) is 1.67. The van der Waals surface area contributed by atoms with Crippen LogP contribution in [0.4, 0.5) is 9.59 Å². The Bertz CT molecular complexity index is 4590. The highest BCUT2D eigenvalue weighted by molar-refractivity contribution is 6.01. The van der Waals surface area contributed by atoms with E-state index >= 15 is 0 Å². The smallest absolute Gasteiger partial charge is 0.410 e. The molecule has 124 heavy (non-hydrogen) atoms. The monoisotopic (exact) mass is 1730 g/mol. The number of terminal acetylenes is 1. The molecule has 6 aliphatic heterocycles. The van der Waals surface area contributed by atoms with Crippen molar-refractivity contribution in [2.24, 2.45) is 52.5 Å². The second-order valence-corrected chi connectivity index (χ2v) is 35.8. The van der Waals surface area contributed by atoms with Gasteiger partial charge in [0.2, 0.25) is 0 Å². The van der Waals surface area contributed by atoms with Crippen molar-refractivity contribution >= 4 is 69.3 Å². The first-order chi connectivity index (χ1) is 58.6. The summed E-state index contributed by atoms with van der Waals surface area (Å²) in [6.45, 7) is 29.8. The zero-order valence-electron chi connectivity index (χ0n) is 76.2. The zero-order chi connectivity index (χ0) is 91.4. The summed E-state index contributed by atoms with van der Waals surface area (Å²) in [5, 5.41) is 51.3. The third-order valence-electron chi connectivity index (χ3n) is 26.3. The van der Waals surface area contributed by atoms with E-state index in [0.717, 1.165) is 27.8 Å². The van der Waals surface area contributed by atoms with E-state index in [4.69, 9.17) is 59.3 Å². The standard InChI is InChI=1S/C44H66N8O10.C35H59N5O10.C9H7N3/c1-12-34-44(8)38(51(42(57)62-44)20-16-15-19-50-23-30(45-47-50)24-52-32-18-14-13-17-31(32)46-48-52)27(4)35(53)25(2)22-43(7,58-11)39(28(5)36(54)29(6)40(56)60-34)61-41-37(55)33(49(9)10)21-26(3)59-41;1-12-25-35(8)29(40(33(45)50-35)16-14-13-15-37-38-36)21(4)26(41)19(2)18-34(7,46-11)30(22(5)27(42)23(6)31(44)48-25)49-32-28(43)24(39(9)10)17-20(3)47-32;1-2-7-12-9-6-4-3-5-8(9)10-11-12/h13-14,17-18,23,25-29,33-34,37-39,41,55H,12,15-16,19-22,24H2,1-11H3;19-25,28-30,32,43H,12-18H2,1-11H3;1,3-6H,7H2/t25-,26?,27+,28+,29-,33?,34?,37?,38-,39-,41?,43+,44-;19-,20?,21+,22+,23-,24?,25?,28?,29-,30-,32?,34+,35-;/m11./s1. The zero-order valence-corrected chi connectivity index (χ0v) is 76.2. The Morgan fingerprint density at radius 1 is 0.573 bits per heavy atom. The van der Waals surface area contributed by atoms with Crippen molar-refractivity contribution in [1.82, 2.24) is 64.6 Å². The van der Waals surface area contributed by atoms with Crippen LogP contribution in [0.15, 0.2) is 59.8 Å². The summed E-state index contributed by atoms with van der Waals surface area (Å²) >= 11 is 0. The first-order valence-corrected chi connectivity index (χ1v) is 43.5. The van der Waals surface area contributed by atoms with Crippen LogP contribution in [0.2, 0.25) is 0 Å². The number of rotatable bonds is 23. The largest absolute Gasteiger partial charge is 0.458 e. The number of ether oxygens (including phenoxy) is 10. The number of carbonyl (C=O) groups excluding carboxylic acids is 8. The fraction of sp³-hybridized carbons (Fsp3) is 0.727. The molecule has 36 nitrogen and oxygen atoms in total. The molecule has 3 aromatic heterocycles. The molecule has 26 atom stereocenters. The minimum absolute atomic E-state index is 0.116. The van der Waals surface area contributed by atoms with Crippen molar-refractivity contribution < 1.29 is 95.9 Å². The number of aryl methyl sites for hydroxylation is 1. The van der Waals surface area contributed by atoms with Crippen LogP contribution in [0.25, 0.3) is 32.5 Å². The van der Waals surface area contributed by atoms with E-state index in [2.05, 4.69) is 46.9 Å². The first kappa shape index (κ1) is 98.8. The number of aliphatic hydroxyl groups is 2. The molecule has 9 heterocycles. The van der Waals surface area contributed by atoms with Gasteiger partial charge in [-0.05, 0) is 178 Å². The Balaban J connectivity index is 0.000000251. The van der Waals surface area contributed by atoms with Gasteiger partial charge in [-0.2, -0.15) is 0 Å². The number of nitrogens with zero attached hydrogens (tertiary/aromatic N) is 16. The Morgan fingerprint density at radius 2 is 0.984 bits per heavy atom. The number of ketones is 4. The molecule has 6 saturated heterocycles. The number of likely N-dealkylation sites (N-methyl/N-ethyl adjacent to an activating group) is 2. The highest BCUT2D eigenvalue weighted by Crippen LogP contribution is 2.47. The Labute approximate surface area is 726 Å². The predicted octanol–water partition coefficient (Wildman–Crippen LogP) is 9.40. The summed E-state index contributed by atoms with van der Waals surface area (Å²) in [7, 11) is 10.4. The van der Waals surface area contributed by atoms with Crippen molar-refractivity contribution in [1.29, 1.82) is 0 Å². The fourth-order valence-electron chi connectivity index (χ4n) is 19.3. The number of aromatic nitrogens is 9. The number of hydrogen-bond acceptors (Lipinski definition) is 29. The Morgan fingerprint density at radius 3 is 1.40 bits per heavy atom. The van der Waals surface area contributed by atoms with Crippen LogP contribution in [-0.4, -0.2) is 292 Å². The molecule has 11 rings (SSSR count). The van der Waals surface area contributed by atoms with Gasteiger partial charge in [-0.1, -0.05) is 106 Å². The lowest BCUT2D eigenvalue weighted by atomic mass is 9.73. The van der Waals surface area contributed by atoms with E-state index in [1.165, 1.54) is 33.0 Å². The van der Waals surface area contributed by atoms with Crippen molar-refractivity contribution in [3.05, 3.63) is 70.9 Å². The Kier molecular flexibility index (Phi) is 33.9. The number of methoxy groups -OCH3 is 2. The molecule has 6 aliphatic rings. The van der Waals surface area contributed by atoms with Gasteiger partial charge in [0.25, 0.3) is 0 Å². The molecule has 0 radical (unpaired) electrons. The quantitative estimate of drug-likeness (QED) is 0.00898. The highest BCUT2D eigenvalue weighted by atomic mass is 16.7. The number of carbonyl (C=O) groups is 8. The second-order valence-electron chi connectivity index (χ2n) is 35.8. The number of unbranched alkanes of at least 4 members (excludes halogenated alkanes) is 2. The molecular weight excluding hydrogens is 1600 g/mol. The summed E-state index contributed by atoms with van der Waals surface area (Å²) in [6, 6.07) is 13.2. The maximum absolute atomic E-state index is 14.8. The summed E-state index contributed by atoms with van der Waals surface area (Å²) in [5.74, 6) is -7.58. The van der Waals surface area contributed by atoms with Gasteiger partial charge >= 0.3 is 24.1 Å². The summed E-state index contributed by atoms with van der Waals surface area (Å²) < 4.78 is 67.3. The SMILES string of the molecule is C#CCn1nnc2ccccc21.CCC1OC(=O)[C@H](C)C(=O)[C@H](C)[C@@H](OC2OC(C)CC(N(C)C)C2O)[C@@](C)(OC)C[C@@H](C)C(=O)[C@H](C)[C@H]2N(CCCCN=[N+]=[N-])C(=O)O[C@]12C.CCC1OC(=O)[C@H](C)C(=O)[C@H](C)[C@@H](OC2OC(C)CC(N(C)C)C2O)[C@@](C)(OC)C[C@@H](C)C(=O)[C@H](C)[C@H]2N(CCCCn3cc(Cn4nnc5ccccc54)nn3)C(=O)O[C@]12C. The molecule has 0 spiro atoms. The normalized spacial score (nSPS) is 34.9. The van der Waals surface area contributed by atoms with Gasteiger partial charge in [0.15, 0.2) is 35.3 Å². The van der Waals surface area contributed by atoms with Gasteiger partial charge in [-0.3, -0.25) is 33.4 Å². The van der Waals surface area contributed by atoms with Crippen LogP contribution in [0.5, 0.6) is 0 Å². The highest BCUT2D eigenvalue weighted by Gasteiger charge is 2.63. The van der Waals surface area contributed by atoms with E-state index in [9.17, 15) is 48.6 Å². The third-order valence-corrected chi connectivity index (χ3v) is 26.3. The number of fused-ring (bicyclic) bond motifs is 4. The molecule has 10 unspecified atom stereocenters. The number of para-hydroxylation sites is 2. The molecule has 0 bridgehead atoms. The lowest BCUT2D eigenvalue weighted by Crippen LogP contribution is -2.60. The van der Waals surface area contributed by atoms with E-state index in [-0.39, 0.29) is 81.2 Å². The predicted molar refractivity (Wildman–Crippen MR) is 455 cm³/mol. The van der Waals surface area contributed by atoms with Crippen LogP contribution < -0.4 is 0 Å². The van der Waals surface area contributed by atoms with Gasteiger partial charge in [0.05, 0.1) is 71.5 Å². The number of esters is 2. The molecule has 2 N–H and O–H groups in total. The van der Waals surface area contributed by atoms with Gasteiger partial charge in [-0.15, -0.1) is 21.7 Å². The number of benzene rings is 2. The lowest BCUT2D eigenvalue weighted by Gasteiger charge is -2.47. The number of Topliss-reactive ketones (excluding diaryl/α,β-unsaturated/α-hetero) is 4. The molecule has 6 fully saturated rings. The van der Waals surface area contributed by atoms with Crippen molar-refractivity contribution in [3.8, 4) is 12.3 Å². The third kappa shape index (κ3) is 21.8. The maximum atomic E-state index is 14.8. The molecule has 0 aliphatic carbocycles. The van der Waals surface area contributed by atoms with Crippen molar-refractivity contribution in [3.63, 3.8) is 0 Å². The topological polar surface area (TPSA) is 423 Å². The number of azide groups is 1. The van der Waals surface area contributed by atoms with Crippen LogP contribution in [-0.2, 0) is 95.8 Å². The number of cyclic esters (lactones) is 2. The van der Waals surface area contributed by atoms with Crippen molar-refractivity contribution in [2.75, 3.05) is 62.0 Å². The van der Waals surface area contributed by atoms with Gasteiger partial charge in [0, 0.05) is 92.9 Å². The molecular formula is C88H132N16O20.